The number of urea groups is 1. The summed E-state index contributed by atoms with van der Waals surface area (Å²) >= 11 is 3.42. The van der Waals surface area contributed by atoms with E-state index in [1.807, 2.05) is 18.2 Å². The number of methoxy groups -OCH3 is 1. The first-order valence-electron chi connectivity index (χ1n) is 5.81. The number of rotatable bonds is 5. The lowest BCUT2D eigenvalue weighted by Crippen LogP contribution is -2.32. The molecule has 2 N–H and O–H groups in total. The van der Waals surface area contributed by atoms with Crippen molar-refractivity contribution in [1.82, 2.24) is 10.2 Å². The predicted octanol–water partition coefficient (Wildman–Crippen LogP) is 1.89. The summed E-state index contributed by atoms with van der Waals surface area (Å²) in [7, 11) is 1.64. The molecule has 0 saturated carbocycles. The Bertz CT molecular complexity index is 439. The molecule has 0 atom stereocenters. The Morgan fingerprint density at radius 1 is 1.56 bits per heavy atom. The fourth-order valence-electron chi connectivity index (χ4n) is 1.87. The molecule has 0 aromatic heterocycles. The summed E-state index contributed by atoms with van der Waals surface area (Å²) in [6.45, 7) is 2.89. The maximum Gasteiger partial charge on any atom is 0.317 e. The smallest absolute Gasteiger partial charge is 0.317 e. The van der Waals surface area contributed by atoms with Crippen molar-refractivity contribution < 1.29 is 9.53 Å². The normalized spacial score (nSPS) is 14.6. The molecule has 1 aromatic rings. The number of nitrogens with one attached hydrogen (secondary N) is 2. The van der Waals surface area contributed by atoms with E-state index in [0.717, 1.165) is 29.0 Å². The van der Waals surface area contributed by atoms with Crippen molar-refractivity contribution in [2.45, 2.75) is 0 Å². The molecule has 2 amide bonds. The SMILES string of the molecule is COc1ccc(Br)cc1NCCN1CCNC1=O. The Hall–Kier alpha value is -1.43. The first-order valence-corrected chi connectivity index (χ1v) is 6.60. The zero-order chi connectivity index (χ0) is 13.0. The number of benzene rings is 1. The zero-order valence-electron chi connectivity index (χ0n) is 10.2. The Balaban J connectivity index is 1.89. The van der Waals surface area contributed by atoms with E-state index in [9.17, 15) is 4.79 Å². The second kappa shape index (κ2) is 5.95. The van der Waals surface area contributed by atoms with E-state index in [1.165, 1.54) is 0 Å². The van der Waals surface area contributed by atoms with Crippen LogP contribution in [0, 0.1) is 0 Å². The highest BCUT2D eigenvalue weighted by molar-refractivity contribution is 9.10. The molecule has 0 unspecified atom stereocenters. The number of anilines is 1. The lowest BCUT2D eigenvalue weighted by Gasteiger charge is -2.16. The van der Waals surface area contributed by atoms with Crippen LogP contribution in [0.5, 0.6) is 5.75 Å². The highest BCUT2D eigenvalue weighted by Gasteiger charge is 2.18. The Morgan fingerprint density at radius 2 is 2.39 bits per heavy atom. The number of halogens is 1. The van der Waals surface area contributed by atoms with E-state index in [4.69, 9.17) is 4.74 Å². The van der Waals surface area contributed by atoms with Crippen molar-refractivity contribution in [3.63, 3.8) is 0 Å². The van der Waals surface area contributed by atoms with Gasteiger partial charge in [0.25, 0.3) is 0 Å². The second-order valence-corrected chi connectivity index (χ2v) is 4.91. The van der Waals surface area contributed by atoms with Gasteiger partial charge in [0.2, 0.25) is 0 Å². The lowest BCUT2D eigenvalue weighted by atomic mass is 10.3. The number of hydrogen-bond donors (Lipinski definition) is 2. The van der Waals surface area contributed by atoms with Crippen LogP contribution >= 0.6 is 15.9 Å². The van der Waals surface area contributed by atoms with Crippen LogP contribution in [0.2, 0.25) is 0 Å². The summed E-state index contributed by atoms with van der Waals surface area (Å²) in [5.41, 5.74) is 0.923. The highest BCUT2D eigenvalue weighted by Crippen LogP contribution is 2.27. The zero-order valence-corrected chi connectivity index (χ0v) is 11.8. The van der Waals surface area contributed by atoms with Gasteiger partial charge in [0, 0.05) is 30.7 Å². The fourth-order valence-corrected chi connectivity index (χ4v) is 2.23. The topological polar surface area (TPSA) is 53.6 Å². The van der Waals surface area contributed by atoms with Crippen LogP contribution in [0.15, 0.2) is 22.7 Å². The van der Waals surface area contributed by atoms with Crippen molar-refractivity contribution in [1.29, 1.82) is 0 Å². The van der Waals surface area contributed by atoms with E-state index in [1.54, 1.807) is 12.0 Å². The van der Waals surface area contributed by atoms with Crippen LogP contribution in [-0.4, -0.2) is 44.2 Å². The van der Waals surface area contributed by atoms with E-state index in [0.29, 0.717) is 13.1 Å². The van der Waals surface area contributed by atoms with Crippen LogP contribution < -0.4 is 15.4 Å². The van der Waals surface area contributed by atoms with Gasteiger partial charge >= 0.3 is 6.03 Å². The summed E-state index contributed by atoms with van der Waals surface area (Å²) < 4.78 is 6.26. The van der Waals surface area contributed by atoms with E-state index < -0.39 is 0 Å². The molecule has 1 aliphatic heterocycles. The molecule has 1 fully saturated rings. The third-order valence-corrected chi connectivity index (χ3v) is 3.30. The van der Waals surface area contributed by atoms with Crippen molar-refractivity contribution >= 4 is 27.6 Å². The number of nitrogens with zero attached hydrogens (tertiary/aromatic N) is 1. The predicted molar refractivity (Wildman–Crippen MR) is 74.2 cm³/mol. The molecule has 0 radical (unpaired) electrons. The van der Waals surface area contributed by atoms with Gasteiger partial charge in [-0.2, -0.15) is 0 Å². The van der Waals surface area contributed by atoms with Crippen molar-refractivity contribution in [3.05, 3.63) is 22.7 Å². The van der Waals surface area contributed by atoms with Crippen molar-refractivity contribution in [2.75, 3.05) is 38.6 Å². The molecule has 0 bridgehead atoms. The average molecular weight is 314 g/mol. The molecule has 1 aromatic carbocycles. The van der Waals surface area contributed by atoms with Crippen LogP contribution in [-0.2, 0) is 0 Å². The van der Waals surface area contributed by atoms with E-state index in [-0.39, 0.29) is 6.03 Å². The van der Waals surface area contributed by atoms with Crippen LogP contribution in [0.3, 0.4) is 0 Å². The number of carbonyl (C=O) groups is 1. The largest absolute Gasteiger partial charge is 0.495 e. The molecular weight excluding hydrogens is 298 g/mol. The van der Waals surface area contributed by atoms with Gasteiger partial charge in [0.1, 0.15) is 5.75 Å². The second-order valence-electron chi connectivity index (χ2n) is 3.99. The minimum absolute atomic E-state index is 0.0120. The van der Waals surface area contributed by atoms with Crippen molar-refractivity contribution in [2.24, 2.45) is 0 Å². The summed E-state index contributed by atoms with van der Waals surface area (Å²) in [5.74, 6) is 0.795. The molecular formula is C12H16BrN3O2. The Kier molecular flexibility index (Phi) is 4.30. The highest BCUT2D eigenvalue weighted by atomic mass is 79.9. The molecule has 1 saturated heterocycles. The maximum absolute atomic E-state index is 11.3. The van der Waals surface area contributed by atoms with Crippen molar-refractivity contribution in [3.8, 4) is 5.75 Å². The van der Waals surface area contributed by atoms with Gasteiger partial charge in [0.05, 0.1) is 12.8 Å². The average Bonchev–Trinajstić information content (AvgIpc) is 2.76. The molecule has 18 heavy (non-hydrogen) atoms. The number of ether oxygens (including phenoxy) is 1. The monoisotopic (exact) mass is 313 g/mol. The maximum atomic E-state index is 11.3. The number of hydrogen-bond acceptors (Lipinski definition) is 3. The fraction of sp³-hybridized carbons (Fsp3) is 0.417. The van der Waals surface area contributed by atoms with Gasteiger partial charge in [0.15, 0.2) is 0 Å². The molecule has 1 heterocycles. The molecule has 2 rings (SSSR count). The third kappa shape index (κ3) is 3.07. The van der Waals surface area contributed by atoms with Gasteiger partial charge < -0.3 is 20.3 Å². The molecule has 6 heteroatoms. The summed E-state index contributed by atoms with van der Waals surface area (Å²) in [6.07, 6.45) is 0. The Labute approximate surface area is 115 Å². The minimum Gasteiger partial charge on any atom is -0.495 e. The first kappa shape index (κ1) is 13.0. The molecule has 98 valence electrons. The third-order valence-electron chi connectivity index (χ3n) is 2.80. The quantitative estimate of drug-likeness (QED) is 0.873. The molecule has 1 aliphatic rings. The molecule has 0 spiro atoms. The first-order chi connectivity index (χ1) is 8.70. The van der Waals surface area contributed by atoms with Crippen LogP contribution in [0.1, 0.15) is 0 Å². The molecule has 5 nitrogen and oxygen atoms in total. The van der Waals surface area contributed by atoms with Gasteiger partial charge in [-0.15, -0.1) is 0 Å². The van der Waals surface area contributed by atoms with Gasteiger partial charge in [-0.25, -0.2) is 4.79 Å². The van der Waals surface area contributed by atoms with E-state index in [2.05, 4.69) is 26.6 Å². The summed E-state index contributed by atoms with van der Waals surface area (Å²) in [4.78, 5) is 13.1. The lowest BCUT2D eigenvalue weighted by molar-refractivity contribution is 0.219. The number of amides is 2. The van der Waals surface area contributed by atoms with Gasteiger partial charge in [-0.1, -0.05) is 15.9 Å². The molecule has 0 aliphatic carbocycles. The van der Waals surface area contributed by atoms with Crippen LogP contribution in [0.4, 0.5) is 10.5 Å². The summed E-state index contributed by atoms with van der Waals surface area (Å²) in [6, 6.07) is 5.80. The minimum atomic E-state index is 0.0120. The van der Waals surface area contributed by atoms with Crippen LogP contribution in [0.25, 0.3) is 0 Å². The number of carbonyl (C=O) groups excluding carboxylic acids is 1. The Morgan fingerprint density at radius 3 is 3.06 bits per heavy atom. The summed E-state index contributed by atoms with van der Waals surface area (Å²) in [5, 5.41) is 6.05. The van der Waals surface area contributed by atoms with E-state index >= 15 is 0 Å². The van der Waals surface area contributed by atoms with Gasteiger partial charge in [-0.05, 0) is 18.2 Å². The standard InChI is InChI=1S/C12H16BrN3O2/c1-18-11-3-2-9(13)8-10(11)14-4-6-16-7-5-15-12(16)17/h2-3,8,14H,4-7H2,1H3,(H,15,17). The van der Waals surface area contributed by atoms with Gasteiger partial charge in [-0.3, -0.25) is 0 Å².